The van der Waals surface area contributed by atoms with Gasteiger partial charge in [-0.15, -0.1) is 0 Å². The first-order valence-electron chi connectivity index (χ1n) is 7.11. The van der Waals surface area contributed by atoms with Crippen molar-refractivity contribution in [2.24, 2.45) is 0 Å². The molecule has 1 fully saturated rings. The number of morpholine rings is 1. The molecule has 2 N–H and O–H groups in total. The maximum absolute atomic E-state index is 12.4. The molecule has 0 saturated carbocycles. The van der Waals surface area contributed by atoms with Crippen LogP contribution in [0, 0.1) is 0 Å². The van der Waals surface area contributed by atoms with E-state index in [1.807, 2.05) is 24.3 Å². The molecular weight excluding hydrogens is 309 g/mol. The smallest absolute Gasteiger partial charge is 0.371 e. The third-order valence-electron chi connectivity index (χ3n) is 3.42. The number of hydrogen-bond donors (Lipinski definition) is 2. The maximum atomic E-state index is 12.4. The van der Waals surface area contributed by atoms with Crippen LogP contribution in [0.3, 0.4) is 0 Å². The van der Waals surface area contributed by atoms with Crippen molar-refractivity contribution in [3.63, 3.8) is 0 Å². The van der Waals surface area contributed by atoms with Crippen LogP contribution in [0.15, 0.2) is 36.7 Å². The van der Waals surface area contributed by atoms with Crippen LogP contribution in [0.1, 0.15) is 17.4 Å². The Bertz CT molecular complexity index is 637. The molecule has 8 heteroatoms. The van der Waals surface area contributed by atoms with E-state index < -0.39 is 11.9 Å². The van der Waals surface area contributed by atoms with Crippen LogP contribution in [-0.4, -0.2) is 29.7 Å². The van der Waals surface area contributed by atoms with Crippen molar-refractivity contribution in [2.45, 2.75) is 12.3 Å². The van der Waals surface area contributed by atoms with E-state index in [0.717, 1.165) is 24.8 Å². The monoisotopic (exact) mass is 324 g/mol. The molecule has 3 rings (SSSR count). The summed E-state index contributed by atoms with van der Waals surface area (Å²) in [7, 11) is 0. The predicted molar refractivity (Wildman–Crippen MR) is 78.3 cm³/mol. The van der Waals surface area contributed by atoms with Gasteiger partial charge in [0.25, 0.3) is 0 Å². The number of nitrogens with zero attached hydrogens (tertiary/aromatic N) is 2. The lowest BCUT2D eigenvalue weighted by Crippen LogP contribution is -2.33. The summed E-state index contributed by atoms with van der Waals surface area (Å²) in [6.07, 6.45) is -2.70. The van der Waals surface area contributed by atoms with Crippen LogP contribution >= 0.6 is 0 Å². The Morgan fingerprint density at radius 3 is 2.48 bits per heavy atom. The molecule has 1 aliphatic heterocycles. The lowest BCUT2D eigenvalue weighted by atomic mass is 10.1. The van der Waals surface area contributed by atoms with Gasteiger partial charge in [0.1, 0.15) is 5.82 Å². The molecule has 0 radical (unpaired) electrons. The van der Waals surface area contributed by atoms with Crippen LogP contribution in [0.2, 0.25) is 0 Å². The fraction of sp³-hybridized carbons (Fsp3) is 0.333. The van der Waals surface area contributed by atoms with Crippen molar-refractivity contribution in [3.05, 3.63) is 47.9 Å². The summed E-state index contributed by atoms with van der Waals surface area (Å²) in [5.41, 5.74) is 0.744. The number of benzene rings is 1. The van der Waals surface area contributed by atoms with E-state index in [4.69, 9.17) is 4.74 Å². The van der Waals surface area contributed by atoms with Gasteiger partial charge in [-0.25, -0.2) is 9.97 Å². The molecule has 2 aromatic rings. The first-order valence-corrected chi connectivity index (χ1v) is 7.11. The molecule has 1 saturated heterocycles. The van der Waals surface area contributed by atoms with E-state index in [2.05, 4.69) is 20.6 Å². The van der Waals surface area contributed by atoms with Gasteiger partial charge >= 0.3 is 6.18 Å². The summed E-state index contributed by atoms with van der Waals surface area (Å²) in [4.78, 5) is 7.08. The molecule has 5 nitrogen and oxygen atoms in total. The number of anilines is 2. The van der Waals surface area contributed by atoms with Gasteiger partial charge in [-0.3, -0.25) is 0 Å². The van der Waals surface area contributed by atoms with Gasteiger partial charge < -0.3 is 15.4 Å². The summed E-state index contributed by atoms with van der Waals surface area (Å²) < 4.78 is 42.9. The molecule has 0 unspecified atom stereocenters. The third-order valence-corrected chi connectivity index (χ3v) is 3.42. The fourth-order valence-electron chi connectivity index (χ4n) is 2.25. The first kappa shape index (κ1) is 15.7. The molecule has 0 spiro atoms. The van der Waals surface area contributed by atoms with Crippen LogP contribution in [0.4, 0.5) is 24.7 Å². The zero-order valence-electron chi connectivity index (χ0n) is 12.1. The Morgan fingerprint density at radius 1 is 1.13 bits per heavy atom. The van der Waals surface area contributed by atoms with Crippen LogP contribution < -0.4 is 10.6 Å². The molecule has 0 amide bonds. The second-order valence-electron chi connectivity index (χ2n) is 5.10. The van der Waals surface area contributed by atoms with Crippen LogP contribution in [0.25, 0.3) is 0 Å². The summed E-state index contributed by atoms with van der Waals surface area (Å²) in [6.45, 7) is 2.28. The minimum Gasteiger partial charge on any atom is -0.371 e. The van der Waals surface area contributed by atoms with Crippen molar-refractivity contribution in [3.8, 4) is 0 Å². The number of rotatable bonds is 3. The topological polar surface area (TPSA) is 59.1 Å². The van der Waals surface area contributed by atoms with E-state index in [-0.39, 0.29) is 11.9 Å². The Balaban J connectivity index is 1.66. The lowest BCUT2D eigenvalue weighted by Gasteiger charge is -2.24. The molecule has 0 aliphatic carbocycles. The van der Waals surface area contributed by atoms with E-state index in [1.54, 1.807) is 0 Å². The highest BCUT2D eigenvalue weighted by atomic mass is 19.4. The standard InChI is InChI=1S/C15H15F3N4O/c16-15(17,18)13-8-21-14(9-20-13)22-11-3-1-10(2-4-11)12-7-19-5-6-23-12/h1-4,8-9,12,19H,5-7H2,(H,21,22)/t12-/m1/s1. The highest BCUT2D eigenvalue weighted by molar-refractivity contribution is 5.55. The molecule has 2 heterocycles. The van der Waals surface area contributed by atoms with Crippen molar-refractivity contribution in [1.82, 2.24) is 15.3 Å². The SMILES string of the molecule is FC(F)(F)c1cnc(Nc2ccc([C@H]3CNCCO3)cc2)cn1. The van der Waals surface area contributed by atoms with Gasteiger partial charge in [0.05, 0.1) is 25.1 Å². The summed E-state index contributed by atoms with van der Waals surface area (Å²) >= 11 is 0. The molecule has 1 aromatic carbocycles. The number of nitrogens with one attached hydrogen (secondary N) is 2. The van der Waals surface area contributed by atoms with E-state index in [9.17, 15) is 13.2 Å². The summed E-state index contributed by atoms with van der Waals surface area (Å²) in [6, 6.07) is 7.48. The van der Waals surface area contributed by atoms with E-state index in [0.29, 0.717) is 18.5 Å². The van der Waals surface area contributed by atoms with Gasteiger partial charge in [0, 0.05) is 18.8 Å². The largest absolute Gasteiger partial charge is 0.434 e. The average molecular weight is 324 g/mol. The third kappa shape index (κ3) is 3.96. The molecule has 23 heavy (non-hydrogen) atoms. The molecule has 122 valence electrons. The molecule has 1 atom stereocenters. The quantitative estimate of drug-likeness (QED) is 0.909. The number of hydrogen-bond acceptors (Lipinski definition) is 5. The predicted octanol–water partition coefficient (Wildman–Crippen LogP) is 2.90. The zero-order valence-corrected chi connectivity index (χ0v) is 12.1. The van der Waals surface area contributed by atoms with Crippen molar-refractivity contribution >= 4 is 11.5 Å². The minimum absolute atomic E-state index is 0.0173. The molecule has 0 bridgehead atoms. The number of halogens is 3. The van der Waals surface area contributed by atoms with Gasteiger partial charge in [-0.2, -0.15) is 13.2 Å². The Hall–Kier alpha value is -2.19. The second kappa shape index (κ2) is 6.51. The zero-order chi connectivity index (χ0) is 16.3. The van der Waals surface area contributed by atoms with E-state index in [1.165, 1.54) is 0 Å². The average Bonchev–Trinajstić information content (AvgIpc) is 2.56. The second-order valence-corrected chi connectivity index (χ2v) is 5.10. The highest BCUT2D eigenvalue weighted by Crippen LogP contribution is 2.27. The maximum Gasteiger partial charge on any atom is 0.434 e. The van der Waals surface area contributed by atoms with Gasteiger partial charge in [0.15, 0.2) is 5.69 Å². The minimum atomic E-state index is -4.48. The summed E-state index contributed by atoms with van der Waals surface area (Å²) in [5.74, 6) is 0.251. The van der Waals surface area contributed by atoms with Gasteiger partial charge in [0.2, 0.25) is 0 Å². The van der Waals surface area contributed by atoms with Crippen LogP contribution in [0.5, 0.6) is 0 Å². The fourth-order valence-corrected chi connectivity index (χ4v) is 2.25. The van der Waals surface area contributed by atoms with E-state index >= 15 is 0 Å². The highest BCUT2D eigenvalue weighted by Gasteiger charge is 2.32. The van der Waals surface area contributed by atoms with Crippen molar-refractivity contribution in [2.75, 3.05) is 25.0 Å². The van der Waals surface area contributed by atoms with Crippen molar-refractivity contribution < 1.29 is 17.9 Å². The van der Waals surface area contributed by atoms with Crippen molar-refractivity contribution in [1.29, 1.82) is 0 Å². The molecule has 1 aliphatic rings. The molecule has 1 aromatic heterocycles. The number of aromatic nitrogens is 2. The first-order chi connectivity index (χ1) is 11.0. The lowest BCUT2D eigenvalue weighted by molar-refractivity contribution is -0.141. The number of ether oxygens (including phenoxy) is 1. The Morgan fingerprint density at radius 2 is 1.91 bits per heavy atom. The normalized spacial score (nSPS) is 18.7. The molecular formula is C15H15F3N4O. The van der Waals surface area contributed by atoms with Crippen LogP contribution in [-0.2, 0) is 10.9 Å². The Kier molecular flexibility index (Phi) is 4.44. The van der Waals surface area contributed by atoms with Gasteiger partial charge in [-0.05, 0) is 17.7 Å². The summed E-state index contributed by atoms with van der Waals surface area (Å²) in [5, 5.41) is 6.17. The van der Waals surface area contributed by atoms with Gasteiger partial charge in [-0.1, -0.05) is 12.1 Å². The Labute approximate surface area is 130 Å². The number of alkyl halides is 3.